The van der Waals surface area contributed by atoms with Gasteiger partial charge in [-0.05, 0) is 38.8 Å². The second-order valence-corrected chi connectivity index (χ2v) is 4.23. The first-order chi connectivity index (χ1) is 7.75. The summed E-state index contributed by atoms with van der Waals surface area (Å²) in [4.78, 5) is 11.6. The third-order valence-corrected chi connectivity index (χ3v) is 2.86. The molecule has 2 heterocycles. The molecule has 0 spiro atoms. The van der Waals surface area contributed by atoms with E-state index in [0.29, 0.717) is 23.9 Å². The monoisotopic (exact) mass is 259 g/mol. The summed E-state index contributed by atoms with van der Waals surface area (Å²) < 4.78 is 4.84. The molecule has 1 fully saturated rings. The maximum absolute atomic E-state index is 11.6. The van der Waals surface area contributed by atoms with E-state index in [2.05, 4.69) is 15.8 Å². The van der Waals surface area contributed by atoms with Gasteiger partial charge in [0.05, 0.1) is 0 Å². The largest absolute Gasteiger partial charge is 0.361 e. The van der Waals surface area contributed by atoms with Crippen LogP contribution in [-0.2, 0) is 0 Å². The summed E-state index contributed by atoms with van der Waals surface area (Å²) >= 11 is 0. The zero-order valence-electron chi connectivity index (χ0n) is 9.86. The van der Waals surface area contributed by atoms with Crippen LogP contribution in [-0.4, -0.2) is 30.7 Å². The van der Waals surface area contributed by atoms with Crippen molar-refractivity contribution in [3.63, 3.8) is 0 Å². The fraction of sp³-hybridized carbons (Fsp3) is 0.636. The second-order valence-electron chi connectivity index (χ2n) is 4.23. The van der Waals surface area contributed by atoms with Gasteiger partial charge in [0.15, 0.2) is 5.69 Å². The van der Waals surface area contributed by atoms with Crippen molar-refractivity contribution in [3.05, 3.63) is 17.5 Å². The Labute approximate surface area is 107 Å². The maximum atomic E-state index is 11.6. The van der Waals surface area contributed by atoms with Crippen LogP contribution in [0, 0.1) is 12.8 Å². The first kappa shape index (κ1) is 14.0. The van der Waals surface area contributed by atoms with Gasteiger partial charge in [0, 0.05) is 12.6 Å². The van der Waals surface area contributed by atoms with Crippen LogP contribution in [0.1, 0.15) is 29.1 Å². The quantitative estimate of drug-likeness (QED) is 0.851. The van der Waals surface area contributed by atoms with Crippen molar-refractivity contribution < 1.29 is 9.32 Å². The Hall–Kier alpha value is -1.07. The van der Waals surface area contributed by atoms with Crippen LogP contribution in [0.15, 0.2) is 10.6 Å². The summed E-state index contributed by atoms with van der Waals surface area (Å²) in [5, 5.41) is 9.82. The number of amides is 1. The molecule has 96 valence electrons. The number of aryl methyl sites for hydroxylation is 1. The molecule has 0 saturated carbocycles. The molecule has 1 aromatic rings. The van der Waals surface area contributed by atoms with Gasteiger partial charge < -0.3 is 15.2 Å². The summed E-state index contributed by atoms with van der Waals surface area (Å²) in [5.41, 5.74) is 0.363. The van der Waals surface area contributed by atoms with Gasteiger partial charge in [-0.2, -0.15) is 0 Å². The standard InChI is InChI=1S/C11H17N3O2.ClH/c1-8-6-10(14-16-8)11(15)13-5-3-9-2-4-12-7-9;/h6,9,12H,2-5,7H2,1H3,(H,13,15);1H. The van der Waals surface area contributed by atoms with Crippen LogP contribution in [0.25, 0.3) is 0 Å². The van der Waals surface area contributed by atoms with E-state index in [1.807, 2.05) is 0 Å². The summed E-state index contributed by atoms with van der Waals surface area (Å²) in [7, 11) is 0. The van der Waals surface area contributed by atoms with Crippen LogP contribution >= 0.6 is 12.4 Å². The SMILES string of the molecule is Cc1cc(C(=O)NCCC2CCNC2)no1.Cl. The number of carbonyl (C=O) groups excluding carboxylic acids is 1. The van der Waals surface area contributed by atoms with E-state index in [9.17, 15) is 4.79 Å². The van der Waals surface area contributed by atoms with Gasteiger partial charge in [0.2, 0.25) is 0 Å². The Morgan fingerprint density at radius 3 is 3.12 bits per heavy atom. The van der Waals surface area contributed by atoms with Crippen molar-refractivity contribution in [1.29, 1.82) is 0 Å². The van der Waals surface area contributed by atoms with E-state index in [0.717, 1.165) is 19.5 Å². The molecule has 1 aliphatic rings. The Bertz CT molecular complexity index is 361. The Balaban J connectivity index is 0.00000144. The zero-order valence-corrected chi connectivity index (χ0v) is 10.7. The van der Waals surface area contributed by atoms with Crippen molar-refractivity contribution in [3.8, 4) is 0 Å². The fourth-order valence-corrected chi connectivity index (χ4v) is 1.91. The van der Waals surface area contributed by atoms with Gasteiger partial charge in [0.25, 0.3) is 5.91 Å². The van der Waals surface area contributed by atoms with Gasteiger partial charge >= 0.3 is 0 Å². The Morgan fingerprint density at radius 1 is 1.71 bits per heavy atom. The average molecular weight is 260 g/mol. The zero-order chi connectivity index (χ0) is 11.4. The van der Waals surface area contributed by atoms with Gasteiger partial charge in [0.1, 0.15) is 5.76 Å². The molecule has 5 nitrogen and oxygen atoms in total. The summed E-state index contributed by atoms with van der Waals surface area (Å²) in [6, 6.07) is 1.65. The molecule has 0 radical (unpaired) electrons. The molecule has 1 amide bonds. The molecule has 2 N–H and O–H groups in total. The summed E-state index contributed by atoms with van der Waals surface area (Å²) in [6.45, 7) is 4.64. The van der Waals surface area contributed by atoms with E-state index >= 15 is 0 Å². The van der Waals surface area contributed by atoms with Crippen molar-refractivity contribution in [2.45, 2.75) is 19.8 Å². The predicted octanol–water partition coefficient (Wildman–Crippen LogP) is 1.13. The molecular weight excluding hydrogens is 242 g/mol. The molecule has 0 bridgehead atoms. The third kappa shape index (κ3) is 4.02. The molecule has 0 aromatic carbocycles. The topological polar surface area (TPSA) is 67.2 Å². The minimum absolute atomic E-state index is 0. The molecule has 17 heavy (non-hydrogen) atoms. The average Bonchev–Trinajstić information content (AvgIpc) is 2.89. The summed E-state index contributed by atoms with van der Waals surface area (Å²) in [5.74, 6) is 1.20. The number of rotatable bonds is 4. The van der Waals surface area contributed by atoms with Crippen LogP contribution in [0.4, 0.5) is 0 Å². The molecular formula is C11H18ClN3O2. The molecule has 1 saturated heterocycles. The van der Waals surface area contributed by atoms with Crippen molar-refractivity contribution in [2.75, 3.05) is 19.6 Å². The number of hydrogen-bond acceptors (Lipinski definition) is 4. The summed E-state index contributed by atoms with van der Waals surface area (Å²) in [6.07, 6.45) is 2.23. The highest BCUT2D eigenvalue weighted by molar-refractivity contribution is 5.92. The molecule has 0 aliphatic carbocycles. The molecule has 1 atom stereocenters. The molecule has 2 rings (SSSR count). The van der Waals surface area contributed by atoms with E-state index in [1.165, 1.54) is 6.42 Å². The van der Waals surface area contributed by atoms with Crippen LogP contribution in [0.3, 0.4) is 0 Å². The minimum Gasteiger partial charge on any atom is -0.361 e. The highest BCUT2D eigenvalue weighted by atomic mass is 35.5. The first-order valence-corrected chi connectivity index (χ1v) is 5.68. The third-order valence-electron chi connectivity index (χ3n) is 2.86. The Morgan fingerprint density at radius 2 is 2.53 bits per heavy atom. The van der Waals surface area contributed by atoms with Crippen molar-refractivity contribution in [2.24, 2.45) is 5.92 Å². The minimum atomic E-state index is -0.150. The molecule has 1 aliphatic heterocycles. The highest BCUT2D eigenvalue weighted by Gasteiger charge is 2.15. The van der Waals surface area contributed by atoms with Gasteiger partial charge in [-0.3, -0.25) is 4.79 Å². The number of aromatic nitrogens is 1. The smallest absolute Gasteiger partial charge is 0.273 e. The number of nitrogens with one attached hydrogen (secondary N) is 2. The van der Waals surface area contributed by atoms with E-state index in [1.54, 1.807) is 13.0 Å². The number of carbonyl (C=O) groups is 1. The van der Waals surface area contributed by atoms with E-state index in [-0.39, 0.29) is 18.3 Å². The van der Waals surface area contributed by atoms with Crippen LogP contribution in [0.2, 0.25) is 0 Å². The van der Waals surface area contributed by atoms with Crippen LogP contribution < -0.4 is 10.6 Å². The molecule has 6 heteroatoms. The van der Waals surface area contributed by atoms with Gasteiger partial charge in [-0.25, -0.2) is 0 Å². The maximum Gasteiger partial charge on any atom is 0.273 e. The lowest BCUT2D eigenvalue weighted by Crippen LogP contribution is -2.26. The lowest BCUT2D eigenvalue weighted by Gasteiger charge is -2.07. The highest BCUT2D eigenvalue weighted by Crippen LogP contribution is 2.10. The fourth-order valence-electron chi connectivity index (χ4n) is 1.91. The second kappa shape index (κ2) is 6.61. The number of nitrogens with zero attached hydrogens (tertiary/aromatic N) is 1. The lowest BCUT2D eigenvalue weighted by atomic mass is 10.1. The van der Waals surface area contributed by atoms with Crippen molar-refractivity contribution >= 4 is 18.3 Å². The van der Waals surface area contributed by atoms with Crippen molar-refractivity contribution in [1.82, 2.24) is 15.8 Å². The first-order valence-electron chi connectivity index (χ1n) is 5.68. The Kier molecular flexibility index (Phi) is 5.44. The normalized spacial score (nSPS) is 18.8. The van der Waals surface area contributed by atoms with Gasteiger partial charge in [-0.15, -0.1) is 12.4 Å². The van der Waals surface area contributed by atoms with E-state index in [4.69, 9.17) is 4.52 Å². The lowest BCUT2D eigenvalue weighted by molar-refractivity contribution is 0.0942. The number of hydrogen-bond donors (Lipinski definition) is 2. The molecule has 1 aromatic heterocycles. The van der Waals surface area contributed by atoms with E-state index < -0.39 is 0 Å². The van der Waals surface area contributed by atoms with Gasteiger partial charge in [-0.1, -0.05) is 5.16 Å². The predicted molar refractivity (Wildman–Crippen MR) is 66.4 cm³/mol. The molecule has 1 unspecified atom stereocenters. The number of halogens is 1. The van der Waals surface area contributed by atoms with Crippen LogP contribution in [0.5, 0.6) is 0 Å².